The Labute approximate surface area is 99.5 Å². The molecule has 1 saturated carbocycles. The molecule has 0 aromatic heterocycles. The van der Waals surface area contributed by atoms with E-state index in [1.807, 2.05) is 6.92 Å². The van der Waals surface area contributed by atoms with Gasteiger partial charge in [-0.15, -0.1) is 0 Å². The molecule has 0 aliphatic heterocycles. The number of ether oxygens (including phenoxy) is 1. The molecule has 1 rings (SSSR count). The van der Waals surface area contributed by atoms with Crippen molar-refractivity contribution in [2.75, 3.05) is 0 Å². The number of unbranched alkanes of at least 4 members (excludes halogenated alkanes) is 1. The average molecular weight is 252 g/mol. The van der Waals surface area contributed by atoms with Gasteiger partial charge in [-0.1, -0.05) is 19.8 Å². The molecule has 100 valence electrons. The minimum Gasteiger partial charge on any atom is -0.452 e. The largest absolute Gasteiger partial charge is 0.490 e. The van der Waals surface area contributed by atoms with E-state index < -0.39 is 17.7 Å². The summed E-state index contributed by atoms with van der Waals surface area (Å²) in [7, 11) is 0. The van der Waals surface area contributed by atoms with Gasteiger partial charge in [0, 0.05) is 0 Å². The van der Waals surface area contributed by atoms with Crippen LogP contribution in [-0.2, 0) is 9.53 Å². The molecular weight excluding hydrogens is 233 g/mol. The fourth-order valence-corrected chi connectivity index (χ4v) is 2.35. The Kier molecular flexibility index (Phi) is 4.83. The summed E-state index contributed by atoms with van der Waals surface area (Å²) in [6.07, 6.45) is 1.18. The molecule has 0 heterocycles. The number of hydrogen-bond donors (Lipinski definition) is 0. The number of esters is 1. The summed E-state index contributed by atoms with van der Waals surface area (Å²) >= 11 is 0. The van der Waals surface area contributed by atoms with Crippen molar-refractivity contribution in [1.29, 1.82) is 0 Å². The Morgan fingerprint density at radius 1 is 1.24 bits per heavy atom. The third-order valence-corrected chi connectivity index (χ3v) is 3.29. The van der Waals surface area contributed by atoms with E-state index in [2.05, 4.69) is 0 Å². The first-order chi connectivity index (χ1) is 7.90. The molecule has 17 heavy (non-hydrogen) atoms. The first-order valence-electron chi connectivity index (χ1n) is 6.20. The highest BCUT2D eigenvalue weighted by Gasteiger charge is 2.46. The standard InChI is InChI=1S/C12H19F3O2/c1-2-3-7-11(8-5-4-6-9-11)17-10(16)12(13,14)15/h2-9H2,1H3. The van der Waals surface area contributed by atoms with Crippen LogP contribution in [0.15, 0.2) is 0 Å². The molecule has 1 aliphatic carbocycles. The molecule has 1 aliphatic rings. The second-order valence-electron chi connectivity index (χ2n) is 4.73. The van der Waals surface area contributed by atoms with Crippen molar-refractivity contribution >= 4 is 5.97 Å². The molecule has 0 N–H and O–H groups in total. The normalized spacial score (nSPS) is 20.0. The van der Waals surface area contributed by atoms with Crippen molar-refractivity contribution < 1.29 is 22.7 Å². The molecule has 1 fully saturated rings. The maximum atomic E-state index is 12.2. The van der Waals surface area contributed by atoms with Gasteiger partial charge in [-0.2, -0.15) is 13.2 Å². The van der Waals surface area contributed by atoms with E-state index in [-0.39, 0.29) is 0 Å². The van der Waals surface area contributed by atoms with Gasteiger partial charge in [0.05, 0.1) is 0 Å². The second kappa shape index (κ2) is 5.74. The fraction of sp³-hybridized carbons (Fsp3) is 0.917. The molecule has 2 nitrogen and oxygen atoms in total. The maximum Gasteiger partial charge on any atom is 0.490 e. The molecule has 0 spiro atoms. The molecule has 0 amide bonds. The lowest BCUT2D eigenvalue weighted by Gasteiger charge is -2.37. The van der Waals surface area contributed by atoms with Crippen LogP contribution in [0.25, 0.3) is 0 Å². The first kappa shape index (κ1) is 14.3. The third kappa shape index (κ3) is 4.21. The topological polar surface area (TPSA) is 26.3 Å². The van der Waals surface area contributed by atoms with Crippen LogP contribution in [0.5, 0.6) is 0 Å². The Morgan fingerprint density at radius 2 is 1.82 bits per heavy atom. The average Bonchev–Trinajstić information content (AvgIpc) is 2.26. The fourth-order valence-electron chi connectivity index (χ4n) is 2.35. The zero-order valence-electron chi connectivity index (χ0n) is 10.1. The van der Waals surface area contributed by atoms with E-state index >= 15 is 0 Å². The summed E-state index contributed by atoms with van der Waals surface area (Å²) in [5.41, 5.74) is -0.860. The van der Waals surface area contributed by atoms with Crippen LogP contribution in [0, 0.1) is 0 Å². The highest BCUT2D eigenvalue weighted by atomic mass is 19.4. The van der Waals surface area contributed by atoms with Gasteiger partial charge >= 0.3 is 12.1 Å². The molecule has 5 heteroatoms. The van der Waals surface area contributed by atoms with Crippen LogP contribution in [0.3, 0.4) is 0 Å². The lowest BCUT2D eigenvalue weighted by Crippen LogP contribution is -2.41. The highest BCUT2D eigenvalue weighted by molar-refractivity contribution is 5.76. The molecule has 0 saturated heterocycles. The van der Waals surface area contributed by atoms with Crippen LogP contribution < -0.4 is 0 Å². The van der Waals surface area contributed by atoms with Gasteiger partial charge in [-0.25, -0.2) is 4.79 Å². The summed E-state index contributed by atoms with van der Waals surface area (Å²) < 4.78 is 41.4. The van der Waals surface area contributed by atoms with Crippen LogP contribution >= 0.6 is 0 Å². The van der Waals surface area contributed by atoms with Gasteiger partial charge in [0.25, 0.3) is 0 Å². The molecule has 0 bridgehead atoms. The van der Waals surface area contributed by atoms with Crippen LogP contribution in [0.1, 0.15) is 58.3 Å². The Bertz CT molecular complexity index is 255. The number of rotatable bonds is 4. The van der Waals surface area contributed by atoms with Gasteiger partial charge in [-0.3, -0.25) is 0 Å². The molecule has 0 radical (unpaired) electrons. The van der Waals surface area contributed by atoms with Crippen molar-refractivity contribution in [2.24, 2.45) is 0 Å². The Hall–Kier alpha value is -0.740. The van der Waals surface area contributed by atoms with Crippen molar-refractivity contribution in [2.45, 2.75) is 70.1 Å². The zero-order chi connectivity index (χ0) is 12.9. The van der Waals surface area contributed by atoms with Gasteiger partial charge in [0.1, 0.15) is 5.60 Å². The lowest BCUT2D eigenvalue weighted by atomic mass is 9.81. The summed E-state index contributed by atoms with van der Waals surface area (Å²) in [4.78, 5) is 11.0. The summed E-state index contributed by atoms with van der Waals surface area (Å²) in [6, 6.07) is 0. The summed E-state index contributed by atoms with van der Waals surface area (Å²) in [5.74, 6) is -2.03. The number of hydrogen-bond acceptors (Lipinski definition) is 2. The van der Waals surface area contributed by atoms with E-state index in [0.29, 0.717) is 19.3 Å². The molecule has 0 atom stereocenters. The molecule has 0 aromatic carbocycles. The van der Waals surface area contributed by atoms with E-state index in [4.69, 9.17) is 4.74 Å². The van der Waals surface area contributed by atoms with Crippen LogP contribution in [-0.4, -0.2) is 17.7 Å². The van der Waals surface area contributed by atoms with Crippen molar-refractivity contribution in [1.82, 2.24) is 0 Å². The number of carbonyl (C=O) groups is 1. The van der Waals surface area contributed by atoms with Crippen molar-refractivity contribution in [3.63, 3.8) is 0 Å². The minimum atomic E-state index is -4.88. The van der Waals surface area contributed by atoms with Gasteiger partial charge < -0.3 is 4.74 Å². The highest BCUT2D eigenvalue weighted by Crippen LogP contribution is 2.37. The predicted octanol–water partition coefficient (Wildman–Crippen LogP) is 3.99. The van der Waals surface area contributed by atoms with Gasteiger partial charge in [0.2, 0.25) is 0 Å². The van der Waals surface area contributed by atoms with Crippen molar-refractivity contribution in [3.05, 3.63) is 0 Å². The van der Waals surface area contributed by atoms with Crippen LogP contribution in [0.2, 0.25) is 0 Å². The molecule has 0 aromatic rings. The second-order valence-corrected chi connectivity index (χ2v) is 4.73. The Balaban J connectivity index is 2.66. The molecule has 0 unspecified atom stereocenters. The summed E-state index contributed by atoms with van der Waals surface area (Å²) in [5, 5.41) is 0. The van der Waals surface area contributed by atoms with Crippen molar-refractivity contribution in [3.8, 4) is 0 Å². The lowest BCUT2D eigenvalue weighted by molar-refractivity contribution is -0.217. The number of alkyl halides is 3. The number of carbonyl (C=O) groups excluding carboxylic acids is 1. The van der Waals surface area contributed by atoms with Crippen LogP contribution in [0.4, 0.5) is 13.2 Å². The summed E-state index contributed by atoms with van der Waals surface area (Å²) in [6.45, 7) is 1.97. The quantitative estimate of drug-likeness (QED) is 0.707. The molecular formula is C12H19F3O2. The van der Waals surface area contributed by atoms with Gasteiger partial charge in [-0.05, 0) is 38.5 Å². The zero-order valence-corrected chi connectivity index (χ0v) is 10.1. The van der Waals surface area contributed by atoms with Gasteiger partial charge in [0.15, 0.2) is 0 Å². The minimum absolute atomic E-state index is 0.547. The SMILES string of the molecule is CCCCC1(OC(=O)C(F)(F)F)CCCCC1. The maximum absolute atomic E-state index is 12.2. The smallest absolute Gasteiger partial charge is 0.452 e. The van der Waals surface area contributed by atoms with E-state index in [0.717, 1.165) is 32.1 Å². The van der Waals surface area contributed by atoms with E-state index in [9.17, 15) is 18.0 Å². The first-order valence-corrected chi connectivity index (χ1v) is 6.20. The predicted molar refractivity (Wildman–Crippen MR) is 57.5 cm³/mol. The third-order valence-electron chi connectivity index (χ3n) is 3.29. The van der Waals surface area contributed by atoms with E-state index in [1.165, 1.54) is 0 Å². The Morgan fingerprint density at radius 3 is 2.29 bits per heavy atom. The monoisotopic (exact) mass is 252 g/mol. The van der Waals surface area contributed by atoms with E-state index in [1.54, 1.807) is 0 Å². The number of halogens is 3.